The quantitative estimate of drug-likeness (QED) is 0.570. The van der Waals surface area contributed by atoms with Gasteiger partial charge in [-0.25, -0.2) is 19.2 Å². The summed E-state index contributed by atoms with van der Waals surface area (Å²) in [6.07, 6.45) is 0.600. The maximum Gasteiger partial charge on any atom is 0.240 e. The highest BCUT2D eigenvalue weighted by atomic mass is 32.2. The molecule has 2 aromatic heterocycles. The highest BCUT2D eigenvalue weighted by molar-refractivity contribution is 7.91. The summed E-state index contributed by atoms with van der Waals surface area (Å²) >= 11 is 1.55. The van der Waals surface area contributed by atoms with Crippen LogP contribution in [0.5, 0.6) is 0 Å². The van der Waals surface area contributed by atoms with Crippen molar-refractivity contribution in [1.82, 2.24) is 9.97 Å². The minimum atomic E-state index is -2.92. The number of rotatable bonds is 3. The molecule has 4 N–H and O–H groups in total. The molecule has 2 aromatic rings. The van der Waals surface area contributed by atoms with Crippen molar-refractivity contribution in [3.05, 3.63) is 10.9 Å². The molecule has 1 aliphatic heterocycles. The summed E-state index contributed by atoms with van der Waals surface area (Å²) in [7, 11) is -2.92. The number of aromatic nitrogens is 2. The summed E-state index contributed by atoms with van der Waals surface area (Å²) in [5, 5.41) is 4.11. The van der Waals surface area contributed by atoms with E-state index >= 15 is 0 Å². The van der Waals surface area contributed by atoms with Gasteiger partial charge in [-0.05, 0) is 19.4 Å². The van der Waals surface area contributed by atoms with Gasteiger partial charge in [0.15, 0.2) is 9.84 Å². The number of fused-ring (bicyclic) bond motifs is 1. The Morgan fingerprint density at radius 2 is 2.25 bits per heavy atom. The molecule has 1 fully saturated rings. The van der Waals surface area contributed by atoms with Crippen molar-refractivity contribution < 1.29 is 8.42 Å². The number of nitrogens with zero attached hydrogens (tertiary/aromatic N) is 2. The van der Waals surface area contributed by atoms with Gasteiger partial charge in [-0.1, -0.05) is 0 Å². The van der Waals surface area contributed by atoms with Gasteiger partial charge in [-0.2, -0.15) is 4.98 Å². The molecule has 3 heterocycles. The van der Waals surface area contributed by atoms with Crippen LogP contribution in [0.4, 0.5) is 11.8 Å². The molecule has 0 aliphatic carbocycles. The monoisotopic (exact) mass is 313 g/mol. The molecule has 0 amide bonds. The summed E-state index contributed by atoms with van der Waals surface area (Å²) in [4.78, 5) is 10.5. The van der Waals surface area contributed by atoms with Gasteiger partial charge in [0.2, 0.25) is 5.95 Å². The summed E-state index contributed by atoms with van der Waals surface area (Å²) in [6, 6.07) is 1.88. The van der Waals surface area contributed by atoms with E-state index in [4.69, 9.17) is 5.84 Å². The van der Waals surface area contributed by atoms with E-state index in [0.29, 0.717) is 18.2 Å². The van der Waals surface area contributed by atoms with E-state index in [9.17, 15) is 8.42 Å². The molecule has 0 bridgehead atoms. The zero-order valence-electron chi connectivity index (χ0n) is 10.9. The smallest absolute Gasteiger partial charge is 0.240 e. The molecule has 0 spiro atoms. The van der Waals surface area contributed by atoms with E-state index < -0.39 is 9.84 Å². The van der Waals surface area contributed by atoms with E-state index in [0.717, 1.165) is 15.1 Å². The third-order valence-corrected chi connectivity index (χ3v) is 5.93. The van der Waals surface area contributed by atoms with Crippen LogP contribution in [-0.4, -0.2) is 35.9 Å². The molecule has 1 unspecified atom stereocenters. The van der Waals surface area contributed by atoms with Crippen molar-refractivity contribution in [2.24, 2.45) is 5.84 Å². The number of hydrazine groups is 1. The number of sulfone groups is 1. The second-order valence-electron chi connectivity index (χ2n) is 4.86. The second kappa shape index (κ2) is 4.83. The zero-order valence-corrected chi connectivity index (χ0v) is 12.5. The van der Waals surface area contributed by atoms with Gasteiger partial charge < -0.3 is 5.32 Å². The van der Waals surface area contributed by atoms with Crippen molar-refractivity contribution in [2.75, 3.05) is 22.2 Å². The summed E-state index contributed by atoms with van der Waals surface area (Å²) in [5.41, 5.74) is 2.44. The van der Waals surface area contributed by atoms with E-state index in [1.807, 2.05) is 13.0 Å². The van der Waals surface area contributed by atoms with Gasteiger partial charge in [0.1, 0.15) is 10.6 Å². The highest BCUT2D eigenvalue weighted by Crippen LogP contribution is 2.30. The molecule has 108 valence electrons. The lowest BCUT2D eigenvalue weighted by atomic mass is 10.2. The summed E-state index contributed by atoms with van der Waals surface area (Å²) in [6.45, 7) is 1.99. The summed E-state index contributed by atoms with van der Waals surface area (Å²) < 4.78 is 23.0. The van der Waals surface area contributed by atoms with Gasteiger partial charge >= 0.3 is 0 Å². The van der Waals surface area contributed by atoms with E-state index in [-0.39, 0.29) is 17.5 Å². The van der Waals surface area contributed by atoms with Crippen molar-refractivity contribution in [3.8, 4) is 0 Å². The Morgan fingerprint density at radius 3 is 2.90 bits per heavy atom. The van der Waals surface area contributed by atoms with E-state index in [1.165, 1.54) is 0 Å². The fourth-order valence-electron chi connectivity index (χ4n) is 2.32. The van der Waals surface area contributed by atoms with Crippen LogP contribution in [0.15, 0.2) is 6.07 Å². The Bertz CT molecular complexity index is 756. The van der Waals surface area contributed by atoms with Crippen molar-refractivity contribution in [1.29, 1.82) is 0 Å². The van der Waals surface area contributed by atoms with Crippen molar-refractivity contribution in [3.63, 3.8) is 0 Å². The predicted molar refractivity (Wildman–Crippen MR) is 80.6 cm³/mol. The molecular weight excluding hydrogens is 298 g/mol. The van der Waals surface area contributed by atoms with Crippen LogP contribution in [0.3, 0.4) is 0 Å². The molecule has 0 saturated carbocycles. The SMILES string of the molecule is Cc1cc2c(NC3CCS(=O)(=O)C3)nc(NN)nc2s1. The number of nitrogens with two attached hydrogens (primary N) is 1. The molecule has 0 aromatic carbocycles. The lowest BCUT2D eigenvalue weighted by Crippen LogP contribution is -2.22. The number of nitrogen functional groups attached to an aromatic ring is 1. The first kappa shape index (κ1) is 13.5. The van der Waals surface area contributed by atoms with Gasteiger partial charge in [-0.15, -0.1) is 11.3 Å². The topological polar surface area (TPSA) is 110 Å². The van der Waals surface area contributed by atoms with Crippen LogP contribution < -0.4 is 16.6 Å². The molecule has 7 nitrogen and oxygen atoms in total. The lowest BCUT2D eigenvalue weighted by Gasteiger charge is -2.13. The van der Waals surface area contributed by atoms with Gasteiger partial charge in [0, 0.05) is 10.9 Å². The maximum absolute atomic E-state index is 11.5. The Kier molecular flexibility index (Phi) is 3.27. The Morgan fingerprint density at radius 1 is 1.45 bits per heavy atom. The lowest BCUT2D eigenvalue weighted by molar-refractivity contribution is 0.602. The molecule has 20 heavy (non-hydrogen) atoms. The average Bonchev–Trinajstić information content (AvgIpc) is 2.91. The summed E-state index contributed by atoms with van der Waals surface area (Å²) in [5.74, 6) is 6.70. The predicted octanol–water partition coefficient (Wildman–Crippen LogP) is 0.884. The Labute approximate surface area is 120 Å². The third-order valence-electron chi connectivity index (χ3n) is 3.22. The number of hydrogen-bond donors (Lipinski definition) is 3. The van der Waals surface area contributed by atoms with Gasteiger partial charge in [-0.3, -0.25) is 5.43 Å². The van der Waals surface area contributed by atoms with Crippen LogP contribution in [0, 0.1) is 6.92 Å². The molecular formula is C11H15N5O2S2. The zero-order chi connectivity index (χ0) is 14.3. The van der Waals surface area contributed by atoms with E-state index in [2.05, 4.69) is 20.7 Å². The van der Waals surface area contributed by atoms with Crippen molar-refractivity contribution >= 4 is 43.2 Å². The number of anilines is 2. The minimum absolute atomic E-state index is 0.107. The standard InChI is InChI=1S/C11H15N5O2S2/c1-6-4-8-9(13-7-2-3-20(17,18)5-7)14-11(16-12)15-10(8)19-6/h4,7H,2-3,5,12H2,1H3,(H2,13,14,15,16). The molecule has 1 atom stereocenters. The Hall–Kier alpha value is -1.45. The number of nitrogens with one attached hydrogen (secondary N) is 2. The minimum Gasteiger partial charge on any atom is -0.366 e. The fourth-order valence-corrected chi connectivity index (χ4v) is 4.87. The highest BCUT2D eigenvalue weighted by Gasteiger charge is 2.28. The maximum atomic E-state index is 11.5. The van der Waals surface area contributed by atoms with Crippen LogP contribution >= 0.6 is 11.3 Å². The second-order valence-corrected chi connectivity index (χ2v) is 8.32. The molecule has 9 heteroatoms. The van der Waals surface area contributed by atoms with Crippen molar-refractivity contribution in [2.45, 2.75) is 19.4 Å². The van der Waals surface area contributed by atoms with E-state index in [1.54, 1.807) is 11.3 Å². The first-order chi connectivity index (χ1) is 9.47. The fraction of sp³-hybridized carbons (Fsp3) is 0.455. The molecule has 3 rings (SSSR count). The largest absolute Gasteiger partial charge is 0.366 e. The number of aryl methyl sites for hydroxylation is 1. The average molecular weight is 313 g/mol. The van der Waals surface area contributed by atoms with Crippen LogP contribution in [0.2, 0.25) is 0 Å². The number of hydrogen-bond acceptors (Lipinski definition) is 8. The number of thiophene rings is 1. The first-order valence-electron chi connectivity index (χ1n) is 6.18. The molecule has 0 radical (unpaired) electrons. The molecule has 1 saturated heterocycles. The van der Waals surface area contributed by atoms with Gasteiger partial charge in [0.25, 0.3) is 0 Å². The third kappa shape index (κ3) is 2.56. The van der Waals surface area contributed by atoms with Gasteiger partial charge in [0.05, 0.1) is 16.9 Å². The first-order valence-corrected chi connectivity index (χ1v) is 8.82. The normalized spacial score (nSPS) is 21.2. The Balaban J connectivity index is 1.97. The molecule has 1 aliphatic rings. The van der Waals surface area contributed by atoms with Crippen LogP contribution in [0.25, 0.3) is 10.2 Å². The van der Waals surface area contributed by atoms with Crippen LogP contribution in [-0.2, 0) is 9.84 Å². The van der Waals surface area contributed by atoms with Crippen LogP contribution in [0.1, 0.15) is 11.3 Å².